The highest BCUT2D eigenvalue weighted by Crippen LogP contribution is 2.32. The number of rotatable bonds is 10. The number of hydrogen-bond acceptors (Lipinski definition) is 5. The normalized spacial score (nSPS) is 18.9. The van der Waals surface area contributed by atoms with Crippen LogP contribution in [-0.2, 0) is 22.6 Å². The molecule has 0 saturated carbocycles. The van der Waals surface area contributed by atoms with Gasteiger partial charge in [-0.1, -0.05) is 38.1 Å². The van der Waals surface area contributed by atoms with Crippen LogP contribution >= 0.6 is 0 Å². The van der Waals surface area contributed by atoms with E-state index >= 15 is 0 Å². The molecule has 0 spiro atoms. The minimum Gasteiger partial charge on any atom is -0.491 e. The molecule has 0 aliphatic carbocycles. The van der Waals surface area contributed by atoms with Gasteiger partial charge in [-0.05, 0) is 82.1 Å². The van der Waals surface area contributed by atoms with Gasteiger partial charge >= 0.3 is 6.03 Å². The van der Waals surface area contributed by atoms with Crippen molar-refractivity contribution in [2.45, 2.75) is 84.9 Å². The summed E-state index contributed by atoms with van der Waals surface area (Å²) in [5.41, 5.74) is 1.90. The van der Waals surface area contributed by atoms with Crippen LogP contribution in [0.4, 0.5) is 9.18 Å². The van der Waals surface area contributed by atoms with Crippen molar-refractivity contribution < 1.29 is 23.4 Å². The number of urea groups is 1. The summed E-state index contributed by atoms with van der Waals surface area (Å²) in [4.78, 5) is 18.2. The SMILES string of the molecule is CC(C)Oc1ccc(CN(CCC2(C)OCC(C)(C)CO2)C(=O)N(Cc2ccc(F)cc2)C2CCNCC2)cc1. The predicted molar refractivity (Wildman–Crippen MR) is 155 cm³/mol. The minimum absolute atomic E-state index is 0.0292. The molecule has 7 nitrogen and oxygen atoms in total. The Bertz CT molecular complexity index is 1070. The Kier molecular flexibility index (Phi) is 10.1. The van der Waals surface area contributed by atoms with Gasteiger partial charge in [-0.2, -0.15) is 0 Å². The molecule has 0 unspecified atom stereocenters. The Balaban J connectivity index is 1.56. The van der Waals surface area contributed by atoms with Gasteiger partial charge in [-0.15, -0.1) is 0 Å². The Hall–Kier alpha value is -2.68. The van der Waals surface area contributed by atoms with Gasteiger partial charge in [0, 0.05) is 37.5 Å². The topological polar surface area (TPSA) is 63.3 Å². The number of benzene rings is 2. The predicted octanol–water partition coefficient (Wildman–Crippen LogP) is 5.97. The first-order valence-corrected chi connectivity index (χ1v) is 14.6. The van der Waals surface area contributed by atoms with Crippen molar-refractivity contribution in [2.24, 2.45) is 5.41 Å². The van der Waals surface area contributed by atoms with E-state index in [1.165, 1.54) is 12.1 Å². The zero-order valence-corrected chi connectivity index (χ0v) is 24.7. The molecule has 2 aliphatic rings. The van der Waals surface area contributed by atoms with E-state index in [0.29, 0.717) is 39.3 Å². The van der Waals surface area contributed by atoms with Gasteiger partial charge in [0.15, 0.2) is 5.79 Å². The molecule has 0 radical (unpaired) electrons. The van der Waals surface area contributed by atoms with Gasteiger partial charge in [0.2, 0.25) is 0 Å². The van der Waals surface area contributed by atoms with Crippen LogP contribution in [0.3, 0.4) is 0 Å². The van der Waals surface area contributed by atoms with Crippen molar-refractivity contribution in [3.8, 4) is 5.75 Å². The lowest BCUT2D eigenvalue weighted by Crippen LogP contribution is -2.52. The van der Waals surface area contributed by atoms with Crippen LogP contribution in [0.1, 0.15) is 65.0 Å². The highest BCUT2D eigenvalue weighted by atomic mass is 19.1. The molecule has 40 heavy (non-hydrogen) atoms. The lowest BCUT2D eigenvalue weighted by molar-refractivity contribution is -0.292. The molecule has 2 saturated heterocycles. The third kappa shape index (κ3) is 8.66. The maximum atomic E-state index is 14.4. The average Bonchev–Trinajstić information content (AvgIpc) is 2.93. The van der Waals surface area contributed by atoms with Crippen LogP contribution in [0, 0.1) is 11.2 Å². The first-order chi connectivity index (χ1) is 19.0. The molecule has 2 fully saturated rings. The second-order valence-corrected chi connectivity index (χ2v) is 12.4. The van der Waals surface area contributed by atoms with Gasteiger partial charge in [0.1, 0.15) is 11.6 Å². The van der Waals surface area contributed by atoms with E-state index < -0.39 is 5.79 Å². The number of halogens is 1. The van der Waals surface area contributed by atoms with Crippen molar-refractivity contribution in [1.29, 1.82) is 0 Å². The molecule has 0 aromatic heterocycles. The van der Waals surface area contributed by atoms with Crippen LogP contribution in [0.2, 0.25) is 0 Å². The zero-order valence-electron chi connectivity index (χ0n) is 24.7. The molecule has 2 aliphatic heterocycles. The van der Waals surface area contributed by atoms with Gasteiger partial charge < -0.3 is 29.3 Å². The van der Waals surface area contributed by atoms with Crippen molar-refractivity contribution >= 4 is 6.03 Å². The molecule has 4 rings (SSSR count). The summed E-state index contributed by atoms with van der Waals surface area (Å²) in [6.45, 7) is 14.5. The summed E-state index contributed by atoms with van der Waals surface area (Å²) in [7, 11) is 0. The number of hydrogen-bond donors (Lipinski definition) is 1. The maximum Gasteiger partial charge on any atom is 0.320 e. The second kappa shape index (κ2) is 13.3. The van der Waals surface area contributed by atoms with Crippen molar-refractivity contribution in [3.05, 3.63) is 65.5 Å². The maximum absolute atomic E-state index is 14.4. The van der Waals surface area contributed by atoms with E-state index in [1.54, 1.807) is 12.1 Å². The molecule has 220 valence electrons. The van der Waals surface area contributed by atoms with Crippen LogP contribution in [0.15, 0.2) is 48.5 Å². The Morgan fingerprint density at radius 3 is 2.15 bits per heavy atom. The first-order valence-electron chi connectivity index (χ1n) is 14.6. The fraction of sp³-hybridized carbons (Fsp3) is 0.594. The Labute approximate surface area is 239 Å². The molecule has 0 bridgehead atoms. The summed E-state index contributed by atoms with van der Waals surface area (Å²) >= 11 is 0. The molecule has 0 atom stereocenters. The van der Waals surface area contributed by atoms with E-state index in [-0.39, 0.29) is 29.4 Å². The quantitative estimate of drug-likeness (QED) is 0.392. The van der Waals surface area contributed by atoms with E-state index in [4.69, 9.17) is 14.2 Å². The molecular formula is C32H46FN3O4. The molecule has 1 N–H and O–H groups in total. The smallest absolute Gasteiger partial charge is 0.320 e. The summed E-state index contributed by atoms with van der Waals surface area (Å²) < 4.78 is 31.8. The number of carbonyl (C=O) groups is 1. The number of amides is 2. The molecular weight excluding hydrogens is 509 g/mol. The molecule has 2 aromatic carbocycles. The Morgan fingerprint density at radius 1 is 0.975 bits per heavy atom. The number of carbonyl (C=O) groups excluding carboxylic acids is 1. The van der Waals surface area contributed by atoms with Gasteiger partial charge in [0.05, 0.1) is 19.3 Å². The van der Waals surface area contributed by atoms with Crippen LogP contribution < -0.4 is 10.1 Å². The van der Waals surface area contributed by atoms with Crippen molar-refractivity contribution in [3.63, 3.8) is 0 Å². The van der Waals surface area contributed by atoms with Gasteiger partial charge in [0.25, 0.3) is 0 Å². The highest BCUT2D eigenvalue weighted by Gasteiger charge is 2.38. The number of piperidine rings is 1. The fourth-order valence-corrected chi connectivity index (χ4v) is 5.11. The molecule has 2 heterocycles. The van der Waals surface area contributed by atoms with Crippen LogP contribution in [0.25, 0.3) is 0 Å². The van der Waals surface area contributed by atoms with Crippen molar-refractivity contribution in [2.75, 3.05) is 32.8 Å². The summed E-state index contributed by atoms with van der Waals surface area (Å²) in [5.74, 6) is -0.221. The third-order valence-electron chi connectivity index (χ3n) is 7.57. The standard InChI is InChI=1S/C32H46FN3O4/c1-24(2)40-29-12-8-25(9-13-29)20-35(19-16-32(5)38-22-31(3,4)23-39-32)30(37)36(28-14-17-34-18-15-28)21-26-6-10-27(33)11-7-26/h6-13,24,28,34H,14-23H2,1-5H3. The molecule has 2 aromatic rings. The average molecular weight is 556 g/mol. The summed E-state index contributed by atoms with van der Waals surface area (Å²) in [6.07, 6.45) is 2.40. The number of nitrogens with one attached hydrogen (secondary N) is 1. The summed E-state index contributed by atoms with van der Waals surface area (Å²) in [5, 5.41) is 3.40. The third-order valence-corrected chi connectivity index (χ3v) is 7.57. The zero-order chi connectivity index (χ0) is 28.8. The van der Waals surface area contributed by atoms with E-state index in [1.807, 2.05) is 54.8 Å². The van der Waals surface area contributed by atoms with E-state index in [2.05, 4.69) is 19.2 Å². The summed E-state index contributed by atoms with van der Waals surface area (Å²) in [6, 6.07) is 14.5. The number of nitrogens with zero attached hydrogens (tertiary/aromatic N) is 2. The largest absolute Gasteiger partial charge is 0.491 e. The Morgan fingerprint density at radius 2 is 1.55 bits per heavy atom. The second-order valence-electron chi connectivity index (χ2n) is 12.4. The fourth-order valence-electron chi connectivity index (χ4n) is 5.11. The first kappa shape index (κ1) is 30.3. The lowest BCUT2D eigenvalue weighted by atomic mass is 9.94. The van der Waals surface area contributed by atoms with Crippen LogP contribution in [-0.4, -0.2) is 66.6 Å². The number of ether oxygens (including phenoxy) is 3. The van der Waals surface area contributed by atoms with Crippen LogP contribution in [0.5, 0.6) is 5.75 Å². The minimum atomic E-state index is -0.750. The van der Waals surface area contributed by atoms with Gasteiger partial charge in [-0.25, -0.2) is 9.18 Å². The lowest BCUT2D eigenvalue weighted by Gasteiger charge is -2.43. The monoisotopic (exact) mass is 555 g/mol. The van der Waals surface area contributed by atoms with Gasteiger partial charge in [-0.3, -0.25) is 0 Å². The molecule has 2 amide bonds. The molecule has 8 heteroatoms. The van der Waals surface area contributed by atoms with Crippen molar-refractivity contribution in [1.82, 2.24) is 15.1 Å². The highest BCUT2D eigenvalue weighted by molar-refractivity contribution is 5.75. The van der Waals surface area contributed by atoms with E-state index in [9.17, 15) is 9.18 Å². The van der Waals surface area contributed by atoms with E-state index in [0.717, 1.165) is 42.8 Å².